The van der Waals surface area contributed by atoms with Crippen molar-refractivity contribution in [3.63, 3.8) is 0 Å². The van der Waals surface area contributed by atoms with E-state index in [9.17, 15) is 9.59 Å². The summed E-state index contributed by atoms with van der Waals surface area (Å²) in [6.07, 6.45) is 1.57. The quantitative estimate of drug-likeness (QED) is 0.466. The summed E-state index contributed by atoms with van der Waals surface area (Å²) in [7, 11) is 0. The van der Waals surface area contributed by atoms with Crippen molar-refractivity contribution in [2.75, 3.05) is 5.75 Å². The SMILES string of the molecule is O=C(O)CSc1nc(=O)ccn1-c1ccc(Cl)cc1I. The molecule has 8 heteroatoms. The number of carboxylic acids is 1. The number of rotatable bonds is 4. The first-order valence-electron chi connectivity index (χ1n) is 5.37. The molecule has 104 valence electrons. The Bertz CT molecular complexity index is 720. The largest absolute Gasteiger partial charge is 0.481 e. The highest BCUT2D eigenvalue weighted by Crippen LogP contribution is 2.25. The molecule has 1 aromatic heterocycles. The molecule has 2 aromatic rings. The predicted octanol–water partition coefficient (Wildman–Crippen LogP) is 2.67. The summed E-state index contributed by atoms with van der Waals surface area (Å²) in [6, 6.07) is 6.63. The fraction of sp³-hybridized carbons (Fsp3) is 0.0833. The normalized spacial score (nSPS) is 10.5. The maximum Gasteiger partial charge on any atom is 0.313 e. The van der Waals surface area contributed by atoms with E-state index < -0.39 is 11.5 Å². The fourth-order valence-corrected chi connectivity index (χ4v) is 3.31. The lowest BCUT2D eigenvalue weighted by Gasteiger charge is -2.12. The molecular weight excluding hydrogens is 415 g/mol. The first-order chi connectivity index (χ1) is 9.47. The number of nitrogens with zero attached hydrogens (tertiary/aromatic N) is 2. The summed E-state index contributed by atoms with van der Waals surface area (Å²) < 4.78 is 2.55. The Labute approximate surface area is 137 Å². The lowest BCUT2D eigenvalue weighted by molar-refractivity contribution is -0.133. The van der Waals surface area contributed by atoms with Crippen molar-refractivity contribution < 1.29 is 9.90 Å². The molecule has 20 heavy (non-hydrogen) atoms. The molecule has 0 aliphatic carbocycles. The van der Waals surface area contributed by atoms with Crippen molar-refractivity contribution in [3.8, 4) is 5.69 Å². The standard InChI is InChI=1S/C12H8ClIN2O3S/c13-7-1-2-9(8(14)5-7)16-4-3-10(17)15-12(16)20-6-11(18)19/h1-5H,6H2,(H,18,19). The van der Waals surface area contributed by atoms with Crippen LogP contribution in [0.3, 0.4) is 0 Å². The van der Waals surface area contributed by atoms with Gasteiger partial charge in [-0.2, -0.15) is 4.98 Å². The number of hydrogen-bond donors (Lipinski definition) is 1. The van der Waals surface area contributed by atoms with Gasteiger partial charge in [-0.3, -0.25) is 14.2 Å². The molecule has 0 atom stereocenters. The monoisotopic (exact) mass is 422 g/mol. The van der Waals surface area contributed by atoms with E-state index in [1.807, 2.05) is 0 Å². The number of benzene rings is 1. The molecule has 1 heterocycles. The van der Waals surface area contributed by atoms with E-state index >= 15 is 0 Å². The first-order valence-corrected chi connectivity index (χ1v) is 7.81. The van der Waals surface area contributed by atoms with Crippen LogP contribution in [-0.4, -0.2) is 26.4 Å². The van der Waals surface area contributed by atoms with Gasteiger partial charge in [0.1, 0.15) is 0 Å². The summed E-state index contributed by atoms with van der Waals surface area (Å²) in [5.74, 6) is -1.13. The van der Waals surface area contributed by atoms with Gasteiger partial charge in [0.2, 0.25) is 0 Å². The van der Waals surface area contributed by atoms with Gasteiger partial charge in [0.25, 0.3) is 5.56 Å². The molecule has 0 aliphatic heterocycles. The maximum absolute atomic E-state index is 11.3. The van der Waals surface area contributed by atoms with Crippen LogP contribution >= 0.6 is 46.0 Å². The molecule has 0 aliphatic rings. The Balaban J connectivity index is 2.49. The van der Waals surface area contributed by atoms with Crippen LogP contribution in [0.4, 0.5) is 0 Å². The fourth-order valence-electron chi connectivity index (χ4n) is 1.48. The van der Waals surface area contributed by atoms with Gasteiger partial charge in [-0.15, -0.1) is 0 Å². The third kappa shape index (κ3) is 3.74. The minimum atomic E-state index is -0.967. The Morgan fingerprint density at radius 3 is 2.85 bits per heavy atom. The van der Waals surface area contributed by atoms with Gasteiger partial charge in [0, 0.05) is 20.9 Å². The number of aromatic nitrogens is 2. The Hall–Kier alpha value is -1.06. The lowest BCUT2D eigenvalue weighted by Crippen LogP contribution is -2.13. The summed E-state index contributed by atoms with van der Waals surface area (Å²) in [4.78, 5) is 25.9. The number of aliphatic carboxylic acids is 1. The zero-order chi connectivity index (χ0) is 14.7. The molecule has 0 bridgehead atoms. The molecule has 0 unspecified atom stereocenters. The van der Waals surface area contributed by atoms with Crippen molar-refractivity contribution in [2.45, 2.75) is 5.16 Å². The van der Waals surface area contributed by atoms with Crippen molar-refractivity contribution in [2.24, 2.45) is 0 Å². The second-order valence-corrected chi connectivity index (χ2v) is 6.24. The molecule has 2 rings (SSSR count). The van der Waals surface area contributed by atoms with Crippen LogP contribution in [0.5, 0.6) is 0 Å². The van der Waals surface area contributed by atoms with Gasteiger partial charge < -0.3 is 5.11 Å². The second kappa shape index (κ2) is 6.59. The summed E-state index contributed by atoms with van der Waals surface area (Å²) in [5.41, 5.74) is 0.383. The summed E-state index contributed by atoms with van der Waals surface area (Å²) in [5, 5.41) is 9.68. The van der Waals surface area contributed by atoms with Crippen LogP contribution in [0.1, 0.15) is 0 Å². The first kappa shape index (κ1) is 15.3. The van der Waals surface area contributed by atoms with E-state index in [0.717, 1.165) is 21.0 Å². The smallest absolute Gasteiger partial charge is 0.313 e. The molecule has 0 radical (unpaired) electrons. The van der Waals surface area contributed by atoms with E-state index in [1.54, 1.807) is 29.0 Å². The number of halogens is 2. The van der Waals surface area contributed by atoms with Crippen LogP contribution in [0.15, 0.2) is 40.4 Å². The maximum atomic E-state index is 11.3. The van der Waals surface area contributed by atoms with Gasteiger partial charge in [0.05, 0.1) is 11.4 Å². The average Bonchev–Trinajstić information content (AvgIpc) is 2.37. The molecule has 0 saturated carbocycles. The van der Waals surface area contributed by atoms with Crippen LogP contribution < -0.4 is 5.56 Å². The molecule has 0 fully saturated rings. The summed E-state index contributed by atoms with van der Waals surface area (Å²) in [6.45, 7) is 0. The van der Waals surface area contributed by atoms with Crippen molar-refractivity contribution in [1.29, 1.82) is 0 Å². The molecular formula is C12H8ClIN2O3S. The number of carboxylic acid groups (broad SMARTS) is 1. The van der Waals surface area contributed by atoms with Gasteiger partial charge in [-0.05, 0) is 40.8 Å². The van der Waals surface area contributed by atoms with E-state index in [4.69, 9.17) is 16.7 Å². The van der Waals surface area contributed by atoms with Gasteiger partial charge in [-0.1, -0.05) is 23.4 Å². The molecule has 0 amide bonds. The van der Waals surface area contributed by atoms with Crippen molar-refractivity contribution in [1.82, 2.24) is 9.55 Å². The summed E-state index contributed by atoms with van der Waals surface area (Å²) >= 11 is 9.02. The number of carbonyl (C=O) groups is 1. The molecule has 1 aromatic carbocycles. The third-order valence-electron chi connectivity index (χ3n) is 2.27. The van der Waals surface area contributed by atoms with Gasteiger partial charge in [0.15, 0.2) is 5.16 Å². The predicted molar refractivity (Wildman–Crippen MR) is 85.9 cm³/mol. The van der Waals surface area contributed by atoms with E-state index in [-0.39, 0.29) is 5.75 Å². The number of thioether (sulfide) groups is 1. The average molecular weight is 423 g/mol. The van der Waals surface area contributed by atoms with E-state index in [1.165, 1.54) is 6.07 Å². The minimum Gasteiger partial charge on any atom is -0.481 e. The van der Waals surface area contributed by atoms with Gasteiger partial charge in [-0.25, -0.2) is 0 Å². The zero-order valence-electron chi connectivity index (χ0n) is 9.92. The second-order valence-electron chi connectivity index (χ2n) is 3.70. The molecule has 0 saturated heterocycles. The highest BCUT2D eigenvalue weighted by atomic mass is 127. The van der Waals surface area contributed by atoms with Crippen molar-refractivity contribution >= 4 is 51.9 Å². The topological polar surface area (TPSA) is 72.2 Å². The molecule has 1 N–H and O–H groups in total. The van der Waals surface area contributed by atoms with Crippen molar-refractivity contribution in [3.05, 3.63) is 49.4 Å². The number of hydrogen-bond acceptors (Lipinski definition) is 4. The van der Waals surface area contributed by atoms with Crippen LogP contribution in [0.25, 0.3) is 5.69 Å². The van der Waals surface area contributed by atoms with Gasteiger partial charge >= 0.3 is 5.97 Å². The molecule has 0 spiro atoms. The minimum absolute atomic E-state index is 0.166. The highest BCUT2D eigenvalue weighted by molar-refractivity contribution is 14.1. The Morgan fingerprint density at radius 1 is 1.45 bits per heavy atom. The molecule has 5 nitrogen and oxygen atoms in total. The lowest BCUT2D eigenvalue weighted by atomic mass is 10.3. The van der Waals surface area contributed by atoms with E-state index in [0.29, 0.717) is 10.2 Å². The third-order valence-corrected chi connectivity index (χ3v) is 4.31. The zero-order valence-corrected chi connectivity index (χ0v) is 13.6. The Morgan fingerprint density at radius 2 is 2.20 bits per heavy atom. The van der Waals surface area contributed by atoms with Crippen LogP contribution in [0, 0.1) is 3.57 Å². The van der Waals surface area contributed by atoms with Crippen LogP contribution in [-0.2, 0) is 4.79 Å². The Kier molecular flexibility index (Phi) is 5.06. The van der Waals surface area contributed by atoms with Crippen LogP contribution in [0.2, 0.25) is 5.02 Å². The van der Waals surface area contributed by atoms with E-state index in [2.05, 4.69) is 27.6 Å². The highest BCUT2D eigenvalue weighted by Gasteiger charge is 2.11.